The van der Waals surface area contributed by atoms with Crippen LogP contribution in [0.3, 0.4) is 0 Å². The molecule has 1 aliphatic rings. The molecule has 0 fully saturated rings. The van der Waals surface area contributed by atoms with Gasteiger partial charge in [-0.2, -0.15) is 0 Å². The van der Waals surface area contributed by atoms with Gasteiger partial charge in [-0.1, -0.05) is 6.07 Å². The molecule has 0 saturated heterocycles. The molecule has 1 atom stereocenters. The van der Waals surface area contributed by atoms with Crippen LogP contribution < -0.4 is 9.47 Å². The molecule has 3 rings (SSSR count). The van der Waals surface area contributed by atoms with Gasteiger partial charge in [0.1, 0.15) is 0 Å². The van der Waals surface area contributed by atoms with Crippen LogP contribution in [0.25, 0.3) is 6.08 Å². The molecule has 1 aliphatic heterocycles. The van der Waals surface area contributed by atoms with Gasteiger partial charge in [-0.15, -0.1) is 11.3 Å². The van der Waals surface area contributed by atoms with Gasteiger partial charge >= 0.3 is 0 Å². The zero-order valence-corrected chi connectivity index (χ0v) is 15.0. The van der Waals surface area contributed by atoms with Crippen LogP contribution in [0, 0.1) is 13.8 Å². The van der Waals surface area contributed by atoms with Gasteiger partial charge in [0, 0.05) is 18.0 Å². The Morgan fingerprint density at radius 2 is 2.08 bits per heavy atom. The lowest BCUT2D eigenvalue weighted by molar-refractivity contribution is -0.126. The molecule has 0 aliphatic carbocycles. The molecule has 24 heavy (non-hydrogen) atoms. The number of benzene rings is 1. The van der Waals surface area contributed by atoms with Crippen LogP contribution in [0.2, 0.25) is 0 Å². The fourth-order valence-corrected chi connectivity index (χ4v) is 3.63. The maximum Gasteiger partial charge on any atom is 0.246 e. The van der Waals surface area contributed by atoms with E-state index >= 15 is 0 Å². The highest BCUT2D eigenvalue weighted by Crippen LogP contribution is 2.33. The van der Waals surface area contributed by atoms with Crippen molar-refractivity contribution < 1.29 is 14.3 Å². The second-order valence-corrected chi connectivity index (χ2v) is 6.99. The van der Waals surface area contributed by atoms with E-state index < -0.39 is 0 Å². The van der Waals surface area contributed by atoms with Crippen molar-refractivity contribution in [2.45, 2.75) is 26.8 Å². The zero-order chi connectivity index (χ0) is 17.3. The molecule has 0 spiro atoms. The molecular weight excluding hydrogens is 324 g/mol. The summed E-state index contributed by atoms with van der Waals surface area (Å²) in [6, 6.07) is 5.61. The third-order valence-electron chi connectivity index (χ3n) is 4.06. The van der Waals surface area contributed by atoms with Crippen LogP contribution in [-0.2, 0) is 4.79 Å². The first-order chi connectivity index (χ1) is 11.5. The maximum absolute atomic E-state index is 12.5. The number of ether oxygens (including phenoxy) is 2. The molecule has 0 radical (unpaired) electrons. The van der Waals surface area contributed by atoms with E-state index in [1.165, 1.54) is 0 Å². The van der Waals surface area contributed by atoms with Gasteiger partial charge in [0.15, 0.2) is 11.5 Å². The van der Waals surface area contributed by atoms with Crippen molar-refractivity contribution in [3.8, 4) is 11.5 Å². The standard InChI is InChI=1S/C18H20N2O3S/c1-11-18(24-13(3)19-11)12(2)20(4)17(21)8-6-14-5-7-15-16(9-14)23-10-22-15/h5-9,12H,10H2,1-4H3/b8-6+. The number of rotatable bonds is 4. The molecule has 1 unspecified atom stereocenters. The lowest BCUT2D eigenvalue weighted by Crippen LogP contribution is -2.27. The van der Waals surface area contributed by atoms with E-state index in [2.05, 4.69) is 4.98 Å². The average molecular weight is 344 g/mol. The number of thiazole rings is 1. The number of likely N-dealkylation sites (N-methyl/N-ethyl adjacent to an activating group) is 1. The number of aryl methyl sites for hydroxylation is 2. The lowest BCUT2D eigenvalue weighted by Gasteiger charge is -2.23. The Balaban J connectivity index is 1.70. The normalized spacial score (nSPS) is 14.2. The van der Waals surface area contributed by atoms with Crippen molar-refractivity contribution in [3.05, 3.63) is 45.4 Å². The molecule has 5 nitrogen and oxygen atoms in total. The minimum absolute atomic E-state index is 0.00916. The van der Waals surface area contributed by atoms with E-state index in [-0.39, 0.29) is 18.7 Å². The number of carbonyl (C=O) groups excluding carboxylic acids is 1. The molecule has 2 heterocycles. The number of hydrogen-bond acceptors (Lipinski definition) is 5. The van der Waals surface area contributed by atoms with Crippen LogP contribution in [0.15, 0.2) is 24.3 Å². The number of carbonyl (C=O) groups is 1. The largest absolute Gasteiger partial charge is 0.454 e. The Kier molecular flexibility index (Phi) is 4.57. The Morgan fingerprint density at radius 1 is 1.33 bits per heavy atom. The molecule has 126 valence electrons. The third-order valence-corrected chi connectivity index (χ3v) is 5.31. The second kappa shape index (κ2) is 6.65. The molecule has 2 aromatic rings. The summed E-state index contributed by atoms with van der Waals surface area (Å²) in [7, 11) is 1.81. The number of fused-ring (bicyclic) bond motifs is 1. The summed E-state index contributed by atoms with van der Waals surface area (Å²) in [6.07, 6.45) is 3.37. The Labute approximate surface area is 145 Å². The summed E-state index contributed by atoms with van der Waals surface area (Å²) < 4.78 is 10.6. The van der Waals surface area contributed by atoms with Crippen molar-refractivity contribution in [2.24, 2.45) is 0 Å². The van der Waals surface area contributed by atoms with Gasteiger partial charge in [0.05, 0.1) is 16.7 Å². The zero-order valence-electron chi connectivity index (χ0n) is 14.2. The average Bonchev–Trinajstić information content (AvgIpc) is 3.16. The topological polar surface area (TPSA) is 51.7 Å². The quantitative estimate of drug-likeness (QED) is 0.793. The summed E-state index contributed by atoms with van der Waals surface area (Å²) in [5.41, 5.74) is 1.89. The minimum atomic E-state index is -0.0504. The Bertz CT molecular complexity index is 798. The van der Waals surface area contributed by atoms with E-state index in [1.807, 2.05) is 46.0 Å². The van der Waals surface area contributed by atoms with E-state index in [0.717, 1.165) is 26.9 Å². The minimum Gasteiger partial charge on any atom is -0.454 e. The molecule has 1 amide bonds. The highest BCUT2D eigenvalue weighted by atomic mass is 32.1. The first-order valence-electron chi connectivity index (χ1n) is 7.74. The fourth-order valence-electron chi connectivity index (χ4n) is 2.60. The van der Waals surface area contributed by atoms with E-state index in [4.69, 9.17) is 9.47 Å². The summed E-state index contributed by atoms with van der Waals surface area (Å²) in [6.45, 7) is 6.23. The predicted molar refractivity (Wildman–Crippen MR) is 94.4 cm³/mol. The molecule has 1 aromatic heterocycles. The van der Waals surface area contributed by atoms with Crippen molar-refractivity contribution in [1.82, 2.24) is 9.88 Å². The highest BCUT2D eigenvalue weighted by Gasteiger charge is 2.20. The van der Waals surface area contributed by atoms with E-state index in [9.17, 15) is 4.79 Å². The van der Waals surface area contributed by atoms with Gasteiger partial charge in [0.2, 0.25) is 12.7 Å². The van der Waals surface area contributed by atoms with Crippen LogP contribution in [0.4, 0.5) is 0 Å². The van der Waals surface area contributed by atoms with E-state index in [1.54, 1.807) is 28.4 Å². The molecule has 0 N–H and O–H groups in total. The van der Waals surface area contributed by atoms with Crippen LogP contribution in [0.1, 0.15) is 34.1 Å². The number of aromatic nitrogens is 1. The summed E-state index contributed by atoms with van der Waals surface area (Å²) in [5.74, 6) is 1.40. The lowest BCUT2D eigenvalue weighted by atomic mass is 10.1. The molecule has 0 saturated carbocycles. The molecular formula is C18H20N2O3S. The van der Waals surface area contributed by atoms with Crippen LogP contribution in [-0.4, -0.2) is 29.6 Å². The highest BCUT2D eigenvalue weighted by molar-refractivity contribution is 7.11. The van der Waals surface area contributed by atoms with E-state index in [0.29, 0.717) is 5.75 Å². The van der Waals surface area contributed by atoms with Crippen LogP contribution in [0.5, 0.6) is 11.5 Å². The van der Waals surface area contributed by atoms with Gasteiger partial charge in [-0.3, -0.25) is 4.79 Å². The van der Waals surface area contributed by atoms with Crippen molar-refractivity contribution in [2.75, 3.05) is 13.8 Å². The monoisotopic (exact) mass is 344 g/mol. The second-order valence-electron chi connectivity index (χ2n) is 5.75. The molecule has 1 aromatic carbocycles. The van der Waals surface area contributed by atoms with Crippen molar-refractivity contribution in [1.29, 1.82) is 0 Å². The summed E-state index contributed by atoms with van der Waals surface area (Å²) >= 11 is 1.64. The molecule has 0 bridgehead atoms. The SMILES string of the molecule is Cc1nc(C)c(C(C)N(C)C(=O)/C=C/c2ccc3c(c2)OCO3)s1. The van der Waals surface area contributed by atoms with Crippen LogP contribution >= 0.6 is 11.3 Å². The van der Waals surface area contributed by atoms with Crippen molar-refractivity contribution >= 4 is 23.3 Å². The Hall–Kier alpha value is -2.34. The summed E-state index contributed by atoms with van der Waals surface area (Å²) in [4.78, 5) is 19.7. The first-order valence-corrected chi connectivity index (χ1v) is 8.56. The van der Waals surface area contributed by atoms with Gasteiger partial charge in [-0.05, 0) is 44.5 Å². The predicted octanol–water partition coefficient (Wildman–Crippen LogP) is 3.72. The number of amides is 1. The fraction of sp³-hybridized carbons (Fsp3) is 0.333. The van der Waals surface area contributed by atoms with Gasteiger partial charge in [-0.25, -0.2) is 4.98 Å². The first kappa shape index (κ1) is 16.5. The van der Waals surface area contributed by atoms with Gasteiger partial charge in [0.25, 0.3) is 0 Å². The number of hydrogen-bond donors (Lipinski definition) is 0. The Morgan fingerprint density at radius 3 is 2.79 bits per heavy atom. The maximum atomic E-state index is 12.5. The summed E-state index contributed by atoms with van der Waals surface area (Å²) in [5, 5.41) is 1.02. The number of nitrogens with zero attached hydrogens (tertiary/aromatic N) is 2. The van der Waals surface area contributed by atoms with Crippen molar-refractivity contribution in [3.63, 3.8) is 0 Å². The third kappa shape index (κ3) is 3.28. The van der Waals surface area contributed by atoms with Gasteiger partial charge < -0.3 is 14.4 Å². The molecule has 6 heteroatoms. The smallest absolute Gasteiger partial charge is 0.246 e.